The van der Waals surface area contributed by atoms with Crippen molar-refractivity contribution in [1.29, 1.82) is 0 Å². The van der Waals surface area contributed by atoms with E-state index in [2.05, 4.69) is 4.98 Å². The molecular formula is C11H16N4O2. The minimum absolute atomic E-state index is 0.0697. The van der Waals surface area contributed by atoms with Gasteiger partial charge in [0.1, 0.15) is 0 Å². The molecule has 1 aliphatic heterocycles. The van der Waals surface area contributed by atoms with Crippen LogP contribution in [0, 0.1) is 0 Å². The van der Waals surface area contributed by atoms with Crippen molar-refractivity contribution in [3.8, 4) is 5.88 Å². The molecule has 0 aromatic carbocycles. The summed E-state index contributed by atoms with van der Waals surface area (Å²) in [4.78, 5) is 19.5. The summed E-state index contributed by atoms with van der Waals surface area (Å²) in [5, 5.41) is 0. The molecular weight excluding hydrogens is 220 g/mol. The Hall–Kier alpha value is -1.98. The van der Waals surface area contributed by atoms with Gasteiger partial charge in [0.2, 0.25) is 11.8 Å². The van der Waals surface area contributed by atoms with Crippen molar-refractivity contribution in [2.45, 2.75) is 0 Å². The summed E-state index contributed by atoms with van der Waals surface area (Å²) in [6.45, 7) is 1.71. The van der Waals surface area contributed by atoms with Crippen molar-refractivity contribution in [2.24, 2.45) is 0 Å². The van der Waals surface area contributed by atoms with Gasteiger partial charge in [0.05, 0.1) is 19.3 Å². The summed E-state index contributed by atoms with van der Waals surface area (Å²) in [6.07, 6.45) is 0. The van der Waals surface area contributed by atoms with Crippen molar-refractivity contribution in [3.63, 3.8) is 0 Å². The molecule has 1 fully saturated rings. The van der Waals surface area contributed by atoms with Crippen LogP contribution in [0.25, 0.3) is 0 Å². The van der Waals surface area contributed by atoms with Crippen LogP contribution in [-0.4, -0.2) is 49.6 Å². The van der Waals surface area contributed by atoms with Gasteiger partial charge in [-0.15, -0.1) is 0 Å². The second kappa shape index (κ2) is 4.48. The van der Waals surface area contributed by atoms with E-state index in [0.717, 1.165) is 6.54 Å². The number of aromatic nitrogens is 1. The lowest BCUT2D eigenvalue weighted by Gasteiger charge is -2.33. The number of nitrogen functional groups attached to an aromatic ring is 1. The van der Waals surface area contributed by atoms with E-state index < -0.39 is 0 Å². The van der Waals surface area contributed by atoms with E-state index in [4.69, 9.17) is 10.5 Å². The highest BCUT2D eigenvalue weighted by molar-refractivity contribution is 5.83. The van der Waals surface area contributed by atoms with E-state index >= 15 is 0 Å². The van der Waals surface area contributed by atoms with Crippen LogP contribution in [0.5, 0.6) is 5.88 Å². The second-order valence-corrected chi connectivity index (χ2v) is 4.00. The first-order valence-corrected chi connectivity index (χ1v) is 5.41. The zero-order valence-corrected chi connectivity index (χ0v) is 10.0. The van der Waals surface area contributed by atoms with Crippen LogP contribution in [0.3, 0.4) is 0 Å². The number of anilines is 2. The van der Waals surface area contributed by atoms with Crippen LogP contribution in [0.1, 0.15) is 0 Å². The minimum atomic E-state index is 0.0697. The van der Waals surface area contributed by atoms with Crippen molar-refractivity contribution in [1.82, 2.24) is 9.88 Å². The highest BCUT2D eigenvalue weighted by atomic mass is 16.5. The molecule has 0 bridgehead atoms. The van der Waals surface area contributed by atoms with E-state index in [-0.39, 0.29) is 5.91 Å². The Morgan fingerprint density at radius 1 is 1.41 bits per heavy atom. The van der Waals surface area contributed by atoms with Gasteiger partial charge >= 0.3 is 0 Å². The first-order chi connectivity index (χ1) is 8.11. The van der Waals surface area contributed by atoms with Gasteiger partial charge in [-0.25, -0.2) is 0 Å². The number of pyridine rings is 1. The second-order valence-electron chi connectivity index (χ2n) is 4.00. The maximum atomic E-state index is 11.6. The van der Waals surface area contributed by atoms with E-state index in [0.29, 0.717) is 30.5 Å². The number of nitrogens with zero attached hydrogens (tertiary/aromatic N) is 3. The monoisotopic (exact) mass is 236 g/mol. The molecule has 1 aromatic rings. The first kappa shape index (κ1) is 11.5. The van der Waals surface area contributed by atoms with Crippen LogP contribution >= 0.6 is 0 Å². The first-order valence-electron chi connectivity index (χ1n) is 5.41. The summed E-state index contributed by atoms with van der Waals surface area (Å²) >= 11 is 0. The number of hydrogen-bond acceptors (Lipinski definition) is 5. The Labute approximate surface area is 100.0 Å². The molecule has 6 heteroatoms. The standard InChI is InChI=1S/C11H16N4O2/c1-14-5-6-15(7-10(14)16)11-8(12)3-4-9(13-11)17-2/h3-4H,5-7,12H2,1-2H3. The van der Waals surface area contributed by atoms with Crippen LogP contribution in [0.15, 0.2) is 12.1 Å². The van der Waals surface area contributed by atoms with Gasteiger partial charge in [0.25, 0.3) is 0 Å². The molecule has 6 nitrogen and oxygen atoms in total. The molecule has 92 valence electrons. The summed E-state index contributed by atoms with van der Waals surface area (Å²) in [6, 6.07) is 3.45. The zero-order valence-electron chi connectivity index (χ0n) is 10.0. The third-order valence-electron chi connectivity index (χ3n) is 2.85. The predicted molar refractivity (Wildman–Crippen MR) is 65.1 cm³/mol. The van der Waals surface area contributed by atoms with Crippen molar-refractivity contribution in [2.75, 3.05) is 44.4 Å². The van der Waals surface area contributed by atoms with Crippen molar-refractivity contribution in [3.05, 3.63) is 12.1 Å². The molecule has 2 rings (SSSR count). The number of methoxy groups -OCH3 is 1. The lowest BCUT2D eigenvalue weighted by molar-refractivity contribution is -0.129. The smallest absolute Gasteiger partial charge is 0.241 e. The van der Waals surface area contributed by atoms with Gasteiger partial charge in [0.15, 0.2) is 5.82 Å². The third kappa shape index (κ3) is 2.25. The number of rotatable bonds is 2. The molecule has 1 saturated heterocycles. The van der Waals surface area contributed by atoms with Crippen molar-refractivity contribution < 1.29 is 9.53 Å². The number of piperazine rings is 1. The van der Waals surface area contributed by atoms with Gasteiger partial charge < -0.3 is 20.3 Å². The van der Waals surface area contributed by atoms with E-state index in [1.165, 1.54) is 0 Å². The fourth-order valence-electron chi connectivity index (χ4n) is 1.75. The van der Waals surface area contributed by atoms with Crippen LogP contribution in [0.4, 0.5) is 11.5 Å². The Balaban J connectivity index is 2.24. The molecule has 1 amide bonds. The molecule has 0 radical (unpaired) electrons. The van der Waals surface area contributed by atoms with E-state index in [1.54, 1.807) is 31.2 Å². The largest absolute Gasteiger partial charge is 0.481 e. The fourth-order valence-corrected chi connectivity index (χ4v) is 1.75. The Morgan fingerprint density at radius 2 is 2.18 bits per heavy atom. The highest BCUT2D eigenvalue weighted by Gasteiger charge is 2.23. The molecule has 17 heavy (non-hydrogen) atoms. The van der Waals surface area contributed by atoms with Gasteiger partial charge in [0, 0.05) is 26.2 Å². The summed E-state index contributed by atoms with van der Waals surface area (Å²) in [5.74, 6) is 1.19. The Bertz CT molecular complexity index is 435. The Kier molecular flexibility index (Phi) is 3.03. The number of amides is 1. The maximum Gasteiger partial charge on any atom is 0.241 e. The predicted octanol–water partition coefficient (Wildman–Crippen LogP) is -0.0492. The SMILES string of the molecule is COc1ccc(N)c(N2CCN(C)C(=O)C2)n1. The minimum Gasteiger partial charge on any atom is -0.481 e. The lowest BCUT2D eigenvalue weighted by atomic mass is 10.3. The Morgan fingerprint density at radius 3 is 2.82 bits per heavy atom. The highest BCUT2D eigenvalue weighted by Crippen LogP contribution is 2.24. The van der Waals surface area contributed by atoms with Crippen LogP contribution in [0.2, 0.25) is 0 Å². The molecule has 1 aliphatic rings. The van der Waals surface area contributed by atoms with Crippen LogP contribution in [-0.2, 0) is 4.79 Å². The number of likely N-dealkylation sites (N-methyl/N-ethyl adjacent to an activating group) is 1. The zero-order chi connectivity index (χ0) is 12.4. The average Bonchev–Trinajstić information content (AvgIpc) is 2.33. The number of nitrogens with two attached hydrogens (primary N) is 1. The molecule has 0 spiro atoms. The summed E-state index contributed by atoms with van der Waals surface area (Å²) < 4.78 is 5.06. The molecule has 0 saturated carbocycles. The average molecular weight is 236 g/mol. The molecule has 0 atom stereocenters. The molecule has 1 aromatic heterocycles. The number of carbonyl (C=O) groups is 1. The van der Waals surface area contributed by atoms with E-state index in [1.807, 2.05) is 4.90 Å². The molecule has 0 aliphatic carbocycles. The molecule has 2 heterocycles. The number of carbonyl (C=O) groups excluding carboxylic acids is 1. The van der Waals surface area contributed by atoms with Gasteiger partial charge in [-0.1, -0.05) is 0 Å². The van der Waals surface area contributed by atoms with Crippen molar-refractivity contribution >= 4 is 17.4 Å². The van der Waals surface area contributed by atoms with Gasteiger partial charge in [-0.2, -0.15) is 4.98 Å². The molecule has 2 N–H and O–H groups in total. The van der Waals surface area contributed by atoms with E-state index in [9.17, 15) is 4.79 Å². The van der Waals surface area contributed by atoms with Gasteiger partial charge in [-0.05, 0) is 6.07 Å². The summed E-state index contributed by atoms with van der Waals surface area (Å²) in [7, 11) is 3.35. The van der Waals surface area contributed by atoms with Crippen LogP contribution < -0.4 is 15.4 Å². The maximum absolute atomic E-state index is 11.6. The lowest BCUT2D eigenvalue weighted by Crippen LogP contribution is -2.49. The third-order valence-corrected chi connectivity index (χ3v) is 2.85. The normalized spacial score (nSPS) is 16.2. The quantitative estimate of drug-likeness (QED) is 0.779. The number of hydrogen-bond donors (Lipinski definition) is 1. The summed E-state index contributed by atoms with van der Waals surface area (Å²) in [5.41, 5.74) is 6.43. The molecule has 0 unspecified atom stereocenters. The van der Waals surface area contributed by atoms with Gasteiger partial charge in [-0.3, -0.25) is 4.79 Å². The fraction of sp³-hybridized carbons (Fsp3) is 0.455. The number of ether oxygens (including phenoxy) is 1. The topological polar surface area (TPSA) is 71.7 Å².